The fourth-order valence-corrected chi connectivity index (χ4v) is 2.85. The molecule has 0 N–H and O–H groups in total. The Kier molecular flexibility index (Phi) is 3.55. The van der Waals surface area contributed by atoms with Gasteiger partial charge in [0, 0.05) is 26.6 Å². The third-order valence-electron chi connectivity index (χ3n) is 4.05. The van der Waals surface area contributed by atoms with E-state index < -0.39 is 29.9 Å². The third kappa shape index (κ3) is 2.14. The van der Waals surface area contributed by atoms with E-state index in [1.54, 1.807) is 12.1 Å². The van der Waals surface area contributed by atoms with E-state index in [2.05, 4.69) is 4.99 Å². The average Bonchev–Trinajstić information content (AvgIpc) is 2.91. The van der Waals surface area contributed by atoms with Gasteiger partial charge in [-0.25, -0.2) is 4.79 Å². The van der Waals surface area contributed by atoms with Gasteiger partial charge in [-0.05, 0) is 18.6 Å². The van der Waals surface area contributed by atoms with Crippen molar-refractivity contribution in [2.24, 2.45) is 4.99 Å². The third-order valence-corrected chi connectivity index (χ3v) is 4.05. The number of imide groups is 1. The van der Waals surface area contributed by atoms with Gasteiger partial charge in [0.2, 0.25) is 12.1 Å². The maximum Gasteiger partial charge on any atom is 0.342 e. The van der Waals surface area contributed by atoms with Crippen molar-refractivity contribution in [2.75, 3.05) is 14.1 Å². The number of amides is 3. The quantitative estimate of drug-likeness (QED) is 0.751. The number of hydrogen-bond acceptors (Lipinski definition) is 6. The van der Waals surface area contributed by atoms with Crippen molar-refractivity contribution >= 4 is 23.8 Å². The smallest absolute Gasteiger partial charge is 0.342 e. The molecular weight excluding hydrogens is 314 g/mol. The molecule has 2 aliphatic rings. The summed E-state index contributed by atoms with van der Waals surface area (Å²) in [5.41, 5.74) is -0.390. The minimum Gasteiger partial charge on any atom is -0.446 e. The number of fused-ring (bicyclic) bond motifs is 1. The van der Waals surface area contributed by atoms with Crippen LogP contribution in [0.2, 0.25) is 0 Å². The normalized spacial score (nSPS) is 26.0. The molecule has 2 heterocycles. The van der Waals surface area contributed by atoms with Gasteiger partial charge in [-0.2, -0.15) is 4.99 Å². The molecule has 0 saturated carbocycles. The molecule has 3 amide bonds. The van der Waals surface area contributed by atoms with Crippen LogP contribution in [-0.2, 0) is 19.1 Å². The van der Waals surface area contributed by atoms with Crippen LogP contribution in [-0.4, -0.2) is 59.7 Å². The van der Waals surface area contributed by atoms with Gasteiger partial charge < -0.3 is 9.47 Å². The molecule has 0 aromatic heterocycles. The van der Waals surface area contributed by atoms with Crippen LogP contribution in [0.5, 0.6) is 0 Å². The van der Waals surface area contributed by atoms with Crippen LogP contribution < -0.4 is 0 Å². The molecule has 8 nitrogen and oxygen atoms in total. The van der Waals surface area contributed by atoms with E-state index in [-0.39, 0.29) is 5.90 Å². The number of aryl methyl sites for hydroxylation is 1. The van der Waals surface area contributed by atoms with Crippen LogP contribution >= 0.6 is 0 Å². The molecular formula is C16H17N3O5. The molecule has 1 saturated heterocycles. The minimum atomic E-state index is -1.93. The number of likely N-dealkylation sites (N-methyl/N-ethyl adjacent to an activating group) is 2. The maximum atomic E-state index is 12.7. The van der Waals surface area contributed by atoms with E-state index in [0.717, 1.165) is 10.5 Å². The zero-order valence-electron chi connectivity index (χ0n) is 13.8. The summed E-state index contributed by atoms with van der Waals surface area (Å²) in [5, 5.41) is 0. The second kappa shape index (κ2) is 5.33. The van der Waals surface area contributed by atoms with Crippen LogP contribution in [0.3, 0.4) is 0 Å². The monoisotopic (exact) mass is 331 g/mol. The van der Waals surface area contributed by atoms with Crippen molar-refractivity contribution in [1.29, 1.82) is 0 Å². The van der Waals surface area contributed by atoms with Gasteiger partial charge in [0.25, 0.3) is 0 Å². The second-order valence-corrected chi connectivity index (χ2v) is 5.75. The Labute approximate surface area is 138 Å². The first-order chi connectivity index (χ1) is 11.3. The predicted molar refractivity (Wildman–Crippen MR) is 83.0 cm³/mol. The molecule has 2 atom stereocenters. The molecule has 8 heteroatoms. The predicted octanol–water partition coefficient (Wildman–Crippen LogP) is 0.881. The number of nitrogens with zero attached hydrogens (tertiary/aromatic N) is 3. The van der Waals surface area contributed by atoms with E-state index in [0.29, 0.717) is 5.56 Å². The fourth-order valence-electron chi connectivity index (χ4n) is 2.85. The lowest BCUT2D eigenvalue weighted by Crippen LogP contribution is -2.68. The van der Waals surface area contributed by atoms with Gasteiger partial charge >= 0.3 is 23.6 Å². The van der Waals surface area contributed by atoms with E-state index in [1.807, 2.05) is 19.1 Å². The number of esters is 1. The molecule has 24 heavy (non-hydrogen) atoms. The molecule has 1 aromatic rings. The number of benzene rings is 1. The summed E-state index contributed by atoms with van der Waals surface area (Å²) in [4.78, 5) is 42.8. The molecule has 1 fully saturated rings. The van der Waals surface area contributed by atoms with Crippen LogP contribution in [0.15, 0.2) is 29.3 Å². The van der Waals surface area contributed by atoms with Gasteiger partial charge in [0.05, 0.1) is 0 Å². The summed E-state index contributed by atoms with van der Waals surface area (Å²) >= 11 is 0. The first-order valence-electron chi connectivity index (χ1n) is 7.35. The van der Waals surface area contributed by atoms with E-state index in [4.69, 9.17) is 9.47 Å². The zero-order valence-corrected chi connectivity index (χ0v) is 13.8. The molecule has 0 radical (unpaired) electrons. The highest BCUT2D eigenvalue weighted by Crippen LogP contribution is 2.37. The number of ether oxygens (including phenoxy) is 2. The lowest BCUT2D eigenvalue weighted by Gasteiger charge is -2.41. The molecule has 0 bridgehead atoms. The largest absolute Gasteiger partial charge is 0.446 e. The summed E-state index contributed by atoms with van der Waals surface area (Å²) in [6.07, 6.45) is -1.15. The summed E-state index contributed by atoms with van der Waals surface area (Å²) < 4.78 is 11.0. The van der Waals surface area contributed by atoms with Crippen molar-refractivity contribution in [2.45, 2.75) is 25.8 Å². The van der Waals surface area contributed by atoms with Crippen molar-refractivity contribution in [3.63, 3.8) is 0 Å². The zero-order chi connectivity index (χ0) is 17.6. The van der Waals surface area contributed by atoms with Gasteiger partial charge in [0.15, 0.2) is 0 Å². The number of carbonyl (C=O) groups excluding carboxylic acids is 3. The Morgan fingerprint density at radius 3 is 2.58 bits per heavy atom. The van der Waals surface area contributed by atoms with Crippen molar-refractivity contribution in [3.05, 3.63) is 35.4 Å². The Bertz CT molecular complexity index is 775. The van der Waals surface area contributed by atoms with Gasteiger partial charge in [-0.1, -0.05) is 18.2 Å². The standard InChI is InChI=1S/C16H17N3O5/c1-9-7-5-6-8-11(9)12-17-16(24-10(2)20)13(21)18(3)15(22)19(4)14(16)23-12/h5-8,14H,1-4H3. The first kappa shape index (κ1) is 16.0. The molecule has 0 spiro atoms. The van der Waals surface area contributed by atoms with Crippen LogP contribution in [0.25, 0.3) is 0 Å². The molecule has 0 aliphatic carbocycles. The van der Waals surface area contributed by atoms with Crippen molar-refractivity contribution in [1.82, 2.24) is 9.80 Å². The highest BCUT2D eigenvalue weighted by atomic mass is 16.6. The number of carbonyl (C=O) groups is 3. The lowest BCUT2D eigenvalue weighted by molar-refractivity contribution is -0.192. The first-order valence-corrected chi connectivity index (χ1v) is 7.35. The van der Waals surface area contributed by atoms with E-state index >= 15 is 0 Å². The number of hydrogen-bond donors (Lipinski definition) is 0. The van der Waals surface area contributed by atoms with Crippen molar-refractivity contribution in [3.8, 4) is 0 Å². The van der Waals surface area contributed by atoms with Crippen LogP contribution in [0.1, 0.15) is 18.1 Å². The molecule has 126 valence electrons. The average molecular weight is 331 g/mol. The number of urea groups is 1. The number of aliphatic imine (C=N–C) groups is 1. The Morgan fingerprint density at radius 2 is 1.96 bits per heavy atom. The van der Waals surface area contributed by atoms with Crippen molar-refractivity contribution < 1.29 is 23.9 Å². The van der Waals surface area contributed by atoms with Crippen LogP contribution in [0.4, 0.5) is 4.79 Å². The topological polar surface area (TPSA) is 88.5 Å². The van der Waals surface area contributed by atoms with Gasteiger partial charge in [0.1, 0.15) is 0 Å². The SMILES string of the molecule is CC(=O)OC12N=C(c3ccccc3C)OC1N(C)C(=O)N(C)C2=O. The lowest BCUT2D eigenvalue weighted by atomic mass is 10.1. The summed E-state index contributed by atoms with van der Waals surface area (Å²) in [6, 6.07) is 6.75. The van der Waals surface area contributed by atoms with E-state index in [9.17, 15) is 14.4 Å². The van der Waals surface area contributed by atoms with Gasteiger partial charge in [-0.15, -0.1) is 0 Å². The maximum absolute atomic E-state index is 12.7. The molecule has 1 aromatic carbocycles. The molecule has 3 rings (SSSR count). The summed E-state index contributed by atoms with van der Waals surface area (Å²) in [6.45, 7) is 3.04. The summed E-state index contributed by atoms with van der Waals surface area (Å²) in [5.74, 6) is -1.28. The summed E-state index contributed by atoms with van der Waals surface area (Å²) in [7, 11) is 2.77. The fraction of sp³-hybridized carbons (Fsp3) is 0.375. The highest BCUT2D eigenvalue weighted by molar-refractivity contribution is 6.07. The molecule has 2 unspecified atom stereocenters. The second-order valence-electron chi connectivity index (χ2n) is 5.75. The minimum absolute atomic E-state index is 0.155. The Balaban J connectivity index is 2.15. The Morgan fingerprint density at radius 1 is 1.29 bits per heavy atom. The van der Waals surface area contributed by atoms with Crippen LogP contribution in [0, 0.1) is 6.92 Å². The highest BCUT2D eigenvalue weighted by Gasteiger charge is 2.64. The van der Waals surface area contributed by atoms with Gasteiger partial charge in [-0.3, -0.25) is 19.4 Å². The number of rotatable bonds is 2. The molecule has 2 aliphatic heterocycles. The van der Waals surface area contributed by atoms with E-state index in [1.165, 1.54) is 25.9 Å². The Hall–Kier alpha value is -2.90.